The smallest absolute Gasteiger partial charge is 0.325 e. The second-order valence-corrected chi connectivity index (χ2v) is 5.37. The van der Waals surface area contributed by atoms with Gasteiger partial charge in [-0.15, -0.1) is 0 Å². The van der Waals surface area contributed by atoms with Crippen molar-refractivity contribution in [3.05, 3.63) is 0 Å². The Bertz CT molecular complexity index is 384. The zero-order valence-corrected chi connectivity index (χ0v) is 13.2. The van der Waals surface area contributed by atoms with Gasteiger partial charge in [-0.2, -0.15) is 0 Å². The number of carbonyl (C=O) groups is 3. The summed E-state index contributed by atoms with van der Waals surface area (Å²) in [6, 6.07) is 0.0475. The lowest BCUT2D eigenvalue weighted by atomic mass is 9.89. The Morgan fingerprint density at radius 3 is 2.62 bits per heavy atom. The monoisotopic (exact) mass is 298 g/mol. The highest BCUT2D eigenvalue weighted by atomic mass is 16.5. The summed E-state index contributed by atoms with van der Waals surface area (Å²) in [5.74, 6) is -0.923. The number of amides is 2. The Kier molecular flexibility index (Phi) is 7.19. The molecule has 1 N–H and O–H groups in total. The molecule has 1 fully saturated rings. The molecule has 0 aromatic rings. The molecule has 2 atom stereocenters. The van der Waals surface area contributed by atoms with E-state index in [-0.39, 0.29) is 36.7 Å². The van der Waals surface area contributed by atoms with Crippen molar-refractivity contribution < 1.29 is 19.1 Å². The molecule has 1 aliphatic rings. The molecule has 0 aromatic heterocycles. The van der Waals surface area contributed by atoms with E-state index in [4.69, 9.17) is 4.74 Å². The molecule has 0 radical (unpaired) electrons. The zero-order chi connectivity index (χ0) is 15.8. The lowest BCUT2D eigenvalue weighted by Gasteiger charge is -2.32. The standard InChI is InChI=1S/C15H26N2O4/c1-4-7-17(10-14(19)21-6-3)15(20)11-8-12(5-2)16-13(18)9-11/h11-12H,4-10H2,1-3H3,(H,16,18). The van der Waals surface area contributed by atoms with Crippen LogP contribution < -0.4 is 5.32 Å². The molecule has 0 spiro atoms. The highest BCUT2D eigenvalue weighted by Gasteiger charge is 2.33. The van der Waals surface area contributed by atoms with Gasteiger partial charge in [0.1, 0.15) is 6.54 Å². The van der Waals surface area contributed by atoms with E-state index in [2.05, 4.69) is 5.32 Å². The van der Waals surface area contributed by atoms with Crippen LogP contribution in [-0.4, -0.2) is 48.4 Å². The quantitative estimate of drug-likeness (QED) is 0.714. The molecule has 2 amide bonds. The molecule has 1 aliphatic heterocycles. The van der Waals surface area contributed by atoms with Gasteiger partial charge in [0.2, 0.25) is 11.8 Å². The minimum absolute atomic E-state index is 0.0323. The molecular formula is C15H26N2O4. The second-order valence-electron chi connectivity index (χ2n) is 5.37. The molecule has 0 aromatic carbocycles. The average molecular weight is 298 g/mol. The summed E-state index contributed by atoms with van der Waals surface area (Å²) in [4.78, 5) is 37.4. The minimum atomic E-state index is -0.397. The van der Waals surface area contributed by atoms with Gasteiger partial charge in [0.05, 0.1) is 6.61 Å². The number of ether oxygens (including phenoxy) is 1. The third kappa shape index (κ3) is 5.36. The normalized spacial score (nSPS) is 21.6. The van der Waals surface area contributed by atoms with Crippen LogP contribution in [0, 0.1) is 5.92 Å². The van der Waals surface area contributed by atoms with Crippen LogP contribution in [0.2, 0.25) is 0 Å². The van der Waals surface area contributed by atoms with Gasteiger partial charge in [-0.05, 0) is 26.2 Å². The van der Waals surface area contributed by atoms with Crippen LogP contribution in [0.5, 0.6) is 0 Å². The summed E-state index contributed by atoms with van der Waals surface area (Å²) in [6.45, 7) is 6.45. The molecule has 0 bridgehead atoms. The van der Waals surface area contributed by atoms with Gasteiger partial charge >= 0.3 is 5.97 Å². The van der Waals surface area contributed by atoms with E-state index in [0.717, 1.165) is 12.8 Å². The molecule has 120 valence electrons. The fourth-order valence-corrected chi connectivity index (χ4v) is 2.61. The summed E-state index contributed by atoms with van der Waals surface area (Å²) >= 11 is 0. The fraction of sp³-hybridized carbons (Fsp3) is 0.800. The van der Waals surface area contributed by atoms with E-state index >= 15 is 0 Å². The molecule has 0 saturated carbocycles. The van der Waals surface area contributed by atoms with Crippen molar-refractivity contribution in [3.63, 3.8) is 0 Å². The van der Waals surface area contributed by atoms with Crippen LogP contribution in [0.3, 0.4) is 0 Å². The van der Waals surface area contributed by atoms with Gasteiger partial charge in [-0.1, -0.05) is 13.8 Å². The zero-order valence-electron chi connectivity index (χ0n) is 13.2. The first kappa shape index (κ1) is 17.5. The van der Waals surface area contributed by atoms with E-state index < -0.39 is 5.97 Å². The maximum atomic E-state index is 12.6. The van der Waals surface area contributed by atoms with E-state index in [1.165, 1.54) is 4.90 Å². The summed E-state index contributed by atoms with van der Waals surface area (Å²) in [6.07, 6.45) is 2.42. The maximum absolute atomic E-state index is 12.6. The first-order valence-corrected chi connectivity index (χ1v) is 7.75. The molecule has 1 saturated heterocycles. The van der Waals surface area contributed by atoms with Gasteiger partial charge in [-0.3, -0.25) is 14.4 Å². The first-order valence-electron chi connectivity index (χ1n) is 7.75. The van der Waals surface area contributed by atoms with Crippen LogP contribution in [0.15, 0.2) is 0 Å². The van der Waals surface area contributed by atoms with E-state index in [1.807, 2.05) is 13.8 Å². The lowest BCUT2D eigenvalue weighted by molar-refractivity contribution is -0.151. The summed E-state index contributed by atoms with van der Waals surface area (Å²) in [5, 5.41) is 2.88. The largest absolute Gasteiger partial charge is 0.465 e. The van der Waals surface area contributed by atoms with Crippen molar-refractivity contribution in [2.24, 2.45) is 5.92 Å². The molecule has 1 heterocycles. The van der Waals surface area contributed by atoms with Gasteiger partial charge in [0.15, 0.2) is 0 Å². The van der Waals surface area contributed by atoms with Crippen molar-refractivity contribution in [2.45, 2.75) is 52.5 Å². The fourth-order valence-electron chi connectivity index (χ4n) is 2.61. The van der Waals surface area contributed by atoms with Crippen LogP contribution in [0.4, 0.5) is 0 Å². The lowest BCUT2D eigenvalue weighted by Crippen LogP contribution is -2.48. The van der Waals surface area contributed by atoms with Crippen LogP contribution in [0.1, 0.15) is 46.5 Å². The van der Waals surface area contributed by atoms with E-state index in [1.54, 1.807) is 6.92 Å². The van der Waals surface area contributed by atoms with Gasteiger partial charge < -0.3 is 15.0 Å². The predicted octanol–water partition coefficient (Wildman–Crippen LogP) is 1.09. The number of nitrogens with zero attached hydrogens (tertiary/aromatic N) is 1. The predicted molar refractivity (Wildman–Crippen MR) is 78.4 cm³/mol. The number of hydrogen-bond acceptors (Lipinski definition) is 4. The average Bonchev–Trinajstić information content (AvgIpc) is 2.45. The topological polar surface area (TPSA) is 75.7 Å². The molecule has 1 rings (SSSR count). The second kappa shape index (κ2) is 8.64. The Balaban J connectivity index is 2.70. The minimum Gasteiger partial charge on any atom is -0.465 e. The third-order valence-corrected chi connectivity index (χ3v) is 3.64. The highest BCUT2D eigenvalue weighted by Crippen LogP contribution is 2.21. The number of piperidine rings is 1. The third-order valence-electron chi connectivity index (χ3n) is 3.64. The maximum Gasteiger partial charge on any atom is 0.325 e. The van der Waals surface area contributed by atoms with Crippen molar-refractivity contribution in [1.29, 1.82) is 0 Å². The Morgan fingerprint density at radius 1 is 1.33 bits per heavy atom. The van der Waals surface area contributed by atoms with Crippen molar-refractivity contribution in [2.75, 3.05) is 19.7 Å². The van der Waals surface area contributed by atoms with Gasteiger partial charge in [0.25, 0.3) is 0 Å². The number of rotatable bonds is 7. The van der Waals surface area contributed by atoms with Crippen LogP contribution >= 0.6 is 0 Å². The van der Waals surface area contributed by atoms with Crippen LogP contribution in [0.25, 0.3) is 0 Å². The Morgan fingerprint density at radius 2 is 2.05 bits per heavy atom. The first-order chi connectivity index (χ1) is 10.0. The molecule has 2 unspecified atom stereocenters. The molecular weight excluding hydrogens is 272 g/mol. The van der Waals surface area contributed by atoms with Crippen molar-refractivity contribution in [1.82, 2.24) is 10.2 Å². The number of carbonyl (C=O) groups excluding carboxylic acids is 3. The van der Waals surface area contributed by atoms with E-state index in [9.17, 15) is 14.4 Å². The SMILES string of the molecule is CCCN(CC(=O)OCC)C(=O)C1CC(=O)NC(CC)C1. The number of nitrogens with one attached hydrogen (secondary N) is 1. The van der Waals surface area contributed by atoms with E-state index in [0.29, 0.717) is 19.6 Å². The van der Waals surface area contributed by atoms with Crippen molar-refractivity contribution >= 4 is 17.8 Å². The van der Waals surface area contributed by atoms with Gasteiger partial charge in [0, 0.05) is 24.9 Å². The summed E-state index contributed by atoms with van der Waals surface area (Å²) in [7, 11) is 0. The number of hydrogen-bond donors (Lipinski definition) is 1. The molecule has 21 heavy (non-hydrogen) atoms. The Labute approximate surface area is 126 Å². The van der Waals surface area contributed by atoms with Crippen LogP contribution in [-0.2, 0) is 19.1 Å². The molecule has 6 nitrogen and oxygen atoms in total. The summed E-state index contributed by atoms with van der Waals surface area (Å²) in [5.41, 5.74) is 0. The summed E-state index contributed by atoms with van der Waals surface area (Å²) < 4.78 is 4.91. The number of esters is 1. The Hall–Kier alpha value is -1.59. The molecule has 0 aliphatic carbocycles. The van der Waals surface area contributed by atoms with Crippen molar-refractivity contribution in [3.8, 4) is 0 Å². The highest BCUT2D eigenvalue weighted by molar-refractivity contribution is 5.89. The molecule has 6 heteroatoms. The van der Waals surface area contributed by atoms with Gasteiger partial charge in [-0.25, -0.2) is 0 Å².